The number of nitrogens with one attached hydrogen (secondary N) is 1. The summed E-state index contributed by atoms with van der Waals surface area (Å²) >= 11 is 0. The quantitative estimate of drug-likeness (QED) is 0.334. The zero-order valence-corrected chi connectivity index (χ0v) is 17.1. The molecular formula is C21H37NO5. The summed E-state index contributed by atoms with van der Waals surface area (Å²) in [6.07, 6.45) is 6.18. The van der Waals surface area contributed by atoms with E-state index in [0.717, 1.165) is 44.2 Å². The Hall–Kier alpha value is -0.920. The van der Waals surface area contributed by atoms with Crippen molar-refractivity contribution in [3.8, 4) is 0 Å². The lowest BCUT2D eigenvalue weighted by Crippen LogP contribution is -2.47. The van der Waals surface area contributed by atoms with Gasteiger partial charge in [-0.1, -0.05) is 40.0 Å². The summed E-state index contributed by atoms with van der Waals surface area (Å²) in [5.41, 5.74) is 0.940. The molecule has 0 bridgehead atoms. The number of hydrogen-bond acceptors (Lipinski definition) is 5. The van der Waals surface area contributed by atoms with E-state index in [4.69, 9.17) is 18.9 Å². The monoisotopic (exact) mass is 383 g/mol. The minimum Gasteiger partial charge on any atom is -0.388 e. The van der Waals surface area contributed by atoms with Crippen molar-refractivity contribution in [2.75, 3.05) is 26.4 Å². The smallest absolute Gasteiger partial charge is 0.231 e. The van der Waals surface area contributed by atoms with Crippen molar-refractivity contribution in [1.82, 2.24) is 4.98 Å². The van der Waals surface area contributed by atoms with Crippen LogP contribution in [0.5, 0.6) is 0 Å². The van der Waals surface area contributed by atoms with Crippen LogP contribution < -0.4 is 0 Å². The van der Waals surface area contributed by atoms with Gasteiger partial charge in [-0.25, -0.2) is 0 Å². The number of H-pyrrole nitrogens is 1. The normalized spacial score (nSPS) is 24.1. The van der Waals surface area contributed by atoms with Crippen LogP contribution in [0.2, 0.25) is 0 Å². The number of ether oxygens (including phenoxy) is 4. The molecule has 1 unspecified atom stereocenters. The Bertz CT molecular complexity index is 495. The van der Waals surface area contributed by atoms with Gasteiger partial charge in [0.15, 0.2) is 6.10 Å². The molecule has 1 aromatic rings. The Balaban J connectivity index is 2.08. The predicted molar refractivity (Wildman–Crippen MR) is 105 cm³/mol. The van der Waals surface area contributed by atoms with Crippen LogP contribution in [0.4, 0.5) is 0 Å². The van der Waals surface area contributed by atoms with E-state index in [9.17, 15) is 5.11 Å². The number of aromatic nitrogens is 1. The average Bonchev–Trinajstić information content (AvgIpc) is 3.13. The molecule has 2 heterocycles. The molecule has 6 heteroatoms. The van der Waals surface area contributed by atoms with Gasteiger partial charge in [-0.05, 0) is 31.4 Å². The Morgan fingerprint density at radius 3 is 2.48 bits per heavy atom. The van der Waals surface area contributed by atoms with Crippen molar-refractivity contribution in [2.45, 2.75) is 83.4 Å². The standard InChI is InChI=1S/C21H37NO5/c1-4-7-13-24-16-18(23)20(25-14-8-5-2)21(26-15-9-6-3)19(27-21)17-11-10-12-22-17/h10-12,18-20,22-23H,4-9,13-16H2,1-3H3/t18-,19?,20-,21-/m1/s1. The Kier molecular flexibility index (Phi) is 9.79. The number of unbranched alkanes of at least 4 members (excludes halogenated alkanes) is 3. The number of hydrogen-bond donors (Lipinski definition) is 2. The second-order valence-corrected chi connectivity index (χ2v) is 7.19. The molecule has 6 nitrogen and oxygen atoms in total. The molecule has 1 fully saturated rings. The second kappa shape index (κ2) is 11.8. The van der Waals surface area contributed by atoms with E-state index in [1.54, 1.807) is 0 Å². The highest BCUT2D eigenvalue weighted by atomic mass is 16.8. The first-order valence-electron chi connectivity index (χ1n) is 10.5. The van der Waals surface area contributed by atoms with Crippen LogP contribution in [0.15, 0.2) is 18.3 Å². The molecule has 0 aliphatic carbocycles. The molecular weight excluding hydrogens is 346 g/mol. The van der Waals surface area contributed by atoms with E-state index in [1.165, 1.54) is 0 Å². The lowest BCUT2D eigenvalue weighted by atomic mass is 10.0. The summed E-state index contributed by atoms with van der Waals surface area (Å²) in [5, 5.41) is 10.8. The number of aliphatic hydroxyl groups is 1. The fourth-order valence-electron chi connectivity index (χ4n) is 3.11. The highest BCUT2D eigenvalue weighted by Gasteiger charge is 2.67. The predicted octanol–water partition coefficient (Wildman–Crippen LogP) is 3.96. The number of aromatic amines is 1. The summed E-state index contributed by atoms with van der Waals surface area (Å²) in [5.74, 6) is -0.957. The molecule has 4 atom stereocenters. The zero-order valence-electron chi connectivity index (χ0n) is 17.1. The van der Waals surface area contributed by atoms with Gasteiger partial charge in [-0.15, -0.1) is 0 Å². The third-order valence-corrected chi connectivity index (χ3v) is 4.81. The van der Waals surface area contributed by atoms with Gasteiger partial charge in [0.05, 0.1) is 13.2 Å². The van der Waals surface area contributed by atoms with E-state index in [1.807, 2.05) is 18.3 Å². The molecule has 0 saturated carbocycles. The van der Waals surface area contributed by atoms with E-state index in [2.05, 4.69) is 25.8 Å². The molecule has 2 rings (SSSR count). The molecule has 1 aliphatic heterocycles. The van der Waals surface area contributed by atoms with Gasteiger partial charge in [0.1, 0.15) is 12.2 Å². The van der Waals surface area contributed by atoms with Gasteiger partial charge in [0.2, 0.25) is 5.79 Å². The molecule has 156 valence electrons. The van der Waals surface area contributed by atoms with Crippen molar-refractivity contribution in [1.29, 1.82) is 0 Å². The number of epoxide rings is 1. The lowest BCUT2D eigenvalue weighted by molar-refractivity contribution is -0.186. The molecule has 0 amide bonds. The first-order valence-corrected chi connectivity index (χ1v) is 10.5. The van der Waals surface area contributed by atoms with Crippen molar-refractivity contribution in [3.05, 3.63) is 24.0 Å². The number of aliphatic hydroxyl groups excluding tert-OH is 1. The molecule has 1 aliphatic rings. The van der Waals surface area contributed by atoms with Crippen LogP contribution in [-0.2, 0) is 18.9 Å². The molecule has 2 N–H and O–H groups in total. The Morgan fingerprint density at radius 1 is 1.11 bits per heavy atom. The molecule has 0 radical (unpaired) electrons. The van der Waals surface area contributed by atoms with Crippen molar-refractivity contribution in [2.24, 2.45) is 0 Å². The van der Waals surface area contributed by atoms with E-state index < -0.39 is 18.0 Å². The summed E-state index contributed by atoms with van der Waals surface area (Å²) < 4.78 is 24.0. The summed E-state index contributed by atoms with van der Waals surface area (Å²) in [7, 11) is 0. The topological polar surface area (TPSA) is 76.2 Å². The zero-order chi connectivity index (χ0) is 19.5. The van der Waals surface area contributed by atoms with Gasteiger partial charge in [0, 0.05) is 25.1 Å². The maximum atomic E-state index is 10.8. The van der Waals surface area contributed by atoms with E-state index in [0.29, 0.717) is 19.8 Å². The number of rotatable bonds is 16. The SMILES string of the molecule is CCCCOC[C@@H](O)[C@@H](OCCCC)[C@]1(OCCCC)OC1c1ccc[nH]1. The Morgan fingerprint density at radius 2 is 1.81 bits per heavy atom. The molecule has 1 aromatic heterocycles. The third kappa shape index (κ3) is 6.29. The fourth-order valence-corrected chi connectivity index (χ4v) is 3.11. The highest BCUT2D eigenvalue weighted by Crippen LogP contribution is 2.54. The maximum Gasteiger partial charge on any atom is 0.231 e. The van der Waals surface area contributed by atoms with Gasteiger partial charge in [-0.2, -0.15) is 0 Å². The van der Waals surface area contributed by atoms with Gasteiger partial charge in [0.25, 0.3) is 0 Å². The highest BCUT2D eigenvalue weighted by molar-refractivity contribution is 5.19. The van der Waals surface area contributed by atoms with Crippen molar-refractivity contribution >= 4 is 0 Å². The van der Waals surface area contributed by atoms with Crippen LogP contribution in [-0.4, -0.2) is 54.5 Å². The second-order valence-electron chi connectivity index (χ2n) is 7.19. The molecule has 27 heavy (non-hydrogen) atoms. The minimum absolute atomic E-state index is 0.219. The van der Waals surface area contributed by atoms with Crippen molar-refractivity contribution in [3.63, 3.8) is 0 Å². The molecule has 0 spiro atoms. The largest absolute Gasteiger partial charge is 0.388 e. The van der Waals surface area contributed by atoms with E-state index >= 15 is 0 Å². The summed E-state index contributed by atoms with van der Waals surface area (Å²) in [6.45, 7) is 8.35. The summed E-state index contributed by atoms with van der Waals surface area (Å²) in [6, 6.07) is 3.91. The van der Waals surface area contributed by atoms with Crippen molar-refractivity contribution < 1.29 is 24.1 Å². The summed E-state index contributed by atoms with van der Waals surface area (Å²) in [4.78, 5) is 3.19. The van der Waals surface area contributed by atoms with Gasteiger partial charge in [-0.3, -0.25) is 0 Å². The first-order chi connectivity index (χ1) is 13.2. The average molecular weight is 384 g/mol. The third-order valence-electron chi connectivity index (χ3n) is 4.81. The van der Waals surface area contributed by atoms with E-state index in [-0.39, 0.29) is 12.7 Å². The fraction of sp³-hybridized carbons (Fsp3) is 0.810. The van der Waals surface area contributed by atoms with Crippen LogP contribution in [0.1, 0.15) is 71.1 Å². The van der Waals surface area contributed by atoms with Crippen LogP contribution >= 0.6 is 0 Å². The molecule has 1 saturated heterocycles. The van der Waals surface area contributed by atoms with Crippen LogP contribution in [0.3, 0.4) is 0 Å². The van der Waals surface area contributed by atoms with Crippen LogP contribution in [0.25, 0.3) is 0 Å². The van der Waals surface area contributed by atoms with Gasteiger partial charge < -0.3 is 29.0 Å². The lowest BCUT2D eigenvalue weighted by Gasteiger charge is -2.29. The Labute approximate surface area is 163 Å². The first kappa shape index (κ1) is 22.4. The maximum absolute atomic E-state index is 10.8. The van der Waals surface area contributed by atoms with Crippen LogP contribution in [0, 0.1) is 0 Å². The molecule has 0 aromatic carbocycles. The minimum atomic E-state index is -0.957. The van der Waals surface area contributed by atoms with Gasteiger partial charge >= 0.3 is 0 Å².